The normalized spacial score (nSPS) is 12.8. The van der Waals surface area contributed by atoms with Gasteiger partial charge in [0.1, 0.15) is 0 Å². The van der Waals surface area contributed by atoms with E-state index in [4.69, 9.17) is 0 Å². The van der Waals surface area contributed by atoms with E-state index in [0.29, 0.717) is 0 Å². The highest BCUT2D eigenvalue weighted by Crippen LogP contribution is 2.69. The van der Waals surface area contributed by atoms with Crippen molar-refractivity contribution in [3.05, 3.63) is 302 Å². The Bertz CT molecular complexity index is 4520. The molecule has 400 valence electrons. The van der Waals surface area contributed by atoms with E-state index in [-0.39, 0.29) is 10.8 Å². The highest BCUT2D eigenvalue weighted by Gasteiger charge is 2.59. The zero-order valence-electron chi connectivity index (χ0n) is 48.1. The van der Waals surface area contributed by atoms with Crippen molar-refractivity contribution in [3.63, 3.8) is 0 Å². The number of hydrogen-bond acceptors (Lipinski definition) is 2. The zero-order valence-corrected chi connectivity index (χ0v) is 48.1. The van der Waals surface area contributed by atoms with Gasteiger partial charge in [0.2, 0.25) is 0 Å². The summed E-state index contributed by atoms with van der Waals surface area (Å²) in [6.07, 6.45) is 0. The van der Waals surface area contributed by atoms with Crippen LogP contribution < -0.4 is 9.80 Å². The van der Waals surface area contributed by atoms with Crippen LogP contribution in [-0.2, 0) is 5.41 Å². The van der Waals surface area contributed by atoms with Crippen molar-refractivity contribution in [2.24, 2.45) is 10.8 Å². The predicted molar refractivity (Wildman–Crippen MR) is 355 cm³/mol. The molecular weight excluding hydrogens is 1000 g/mol. The van der Waals surface area contributed by atoms with Crippen LogP contribution in [0.4, 0.5) is 34.1 Å². The highest BCUT2D eigenvalue weighted by molar-refractivity contribution is 6.21. The van der Waals surface area contributed by atoms with Gasteiger partial charge in [-0.2, -0.15) is 0 Å². The van der Waals surface area contributed by atoms with Gasteiger partial charge < -0.3 is 9.80 Å². The van der Waals surface area contributed by atoms with E-state index >= 15 is 0 Å². The van der Waals surface area contributed by atoms with E-state index in [1.165, 1.54) is 99.1 Å². The van der Waals surface area contributed by atoms with E-state index < -0.39 is 5.41 Å². The lowest BCUT2D eigenvalue weighted by molar-refractivity contribution is 0.0977. The fourth-order valence-electron chi connectivity index (χ4n) is 14.6. The first-order chi connectivity index (χ1) is 40.5. The van der Waals surface area contributed by atoms with Gasteiger partial charge >= 0.3 is 0 Å². The van der Waals surface area contributed by atoms with Crippen LogP contribution >= 0.6 is 0 Å². The molecule has 0 amide bonds. The van der Waals surface area contributed by atoms with Crippen LogP contribution in [-0.4, -0.2) is 0 Å². The molecule has 0 spiro atoms. The Morgan fingerprint density at radius 3 is 1.12 bits per heavy atom. The average molecular weight is 1070 g/mol. The Morgan fingerprint density at radius 1 is 0.253 bits per heavy atom. The summed E-state index contributed by atoms with van der Waals surface area (Å²) >= 11 is 0. The topological polar surface area (TPSA) is 6.48 Å². The maximum Gasteiger partial charge on any atom is 0.0546 e. The lowest BCUT2D eigenvalue weighted by atomic mass is 9.49. The van der Waals surface area contributed by atoms with Crippen molar-refractivity contribution in [2.45, 2.75) is 47.0 Å². The zero-order chi connectivity index (χ0) is 56.5. The van der Waals surface area contributed by atoms with Gasteiger partial charge in [-0.05, 0) is 159 Å². The van der Waals surface area contributed by atoms with E-state index in [2.05, 4.69) is 343 Å². The van der Waals surface area contributed by atoms with Crippen LogP contribution in [0.5, 0.6) is 0 Å². The Labute approximate surface area is 489 Å². The smallest absolute Gasteiger partial charge is 0.0546 e. The second-order valence-corrected chi connectivity index (χ2v) is 24.4. The molecule has 13 aromatic rings. The fourth-order valence-corrected chi connectivity index (χ4v) is 14.6. The van der Waals surface area contributed by atoms with Gasteiger partial charge in [0, 0.05) is 39.3 Å². The maximum atomic E-state index is 2.49. The molecule has 0 heterocycles. The minimum atomic E-state index is -0.456. The molecular formula is C81H66N2. The summed E-state index contributed by atoms with van der Waals surface area (Å²) in [6.45, 7) is 14.9. The number of para-hydroxylation sites is 2. The first-order valence-corrected chi connectivity index (χ1v) is 29.2. The molecule has 14 rings (SSSR count). The van der Waals surface area contributed by atoms with Gasteiger partial charge in [-0.1, -0.05) is 272 Å². The molecule has 13 aromatic carbocycles. The van der Waals surface area contributed by atoms with E-state index in [1.54, 1.807) is 0 Å². The molecule has 0 N–H and O–H groups in total. The van der Waals surface area contributed by atoms with Crippen molar-refractivity contribution in [1.29, 1.82) is 0 Å². The molecule has 0 aromatic heterocycles. The molecule has 0 saturated heterocycles. The Morgan fingerprint density at radius 2 is 0.651 bits per heavy atom. The van der Waals surface area contributed by atoms with Crippen LogP contribution in [0, 0.1) is 10.8 Å². The Balaban J connectivity index is 1.01. The van der Waals surface area contributed by atoms with Crippen LogP contribution in [0.25, 0.3) is 88.0 Å². The molecule has 0 atom stereocenters. The molecule has 83 heavy (non-hydrogen) atoms. The summed E-state index contributed by atoms with van der Waals surface area (Å²) in [6, 6.07) is 108. The third-order valence-corrected chi connectivity index (χ3v) is 17.7. The van der Waals surface area contributed by atoms with E-state index in [0.717, 1.165) is 34.1 Å². The summed E-state index contributed by atoms with van der Waals surface area (Å²) in [5.74, 6) is 0. The predicted octanol–water partition coefficient (Wildman–Crippen LogP) is 23.1. The van der Waals surface area contributed by atoms with Crippen molar-refractivity contribution in [3.8, 4) is 55.6 Å². The number of rotatable bonds is 10. The molecule has 1 aliphatic rings. The third kappa shape index (κ3) is 8.54. The van der Waals surface area contributed by atoms with Crippen molar-refractivity contribution >= 4 is 66.4 Å². The van der Waals surface area contributed by atoms with Crippen molar-refractivity contribution in [2.75, 3.05) is 9.80 Å². The lowest BCUT2D eigenvalue weighted by Crippen LogP contribution is -2.50. The molecule has 0 radical (unpaired) electrons. The SMILES string of the molecule is CC(C)(C)C1(C(C)(C)C)c2c(ccc3cc(N(c4ccccc4)c4cc(-c5ccccc5)ccc4-c4ccccc4)ccc23)-c2c1c1ccc(N(c3ccccc3)c3cc(-c4ccccc4)ccc3-c3ccccc3)cc1c1ccccc21. The molecule has 1 aliphatic carbocycles. The van der Waals surface area contributed by atoms with Gasteiger partial charge in [-0.25, -0.2) is 0 Å². The van der Waals surface area contributed by atoms with Crippen LogP contribution in [0.1, 0.15) is 52.7 Å². The van der Waals surface area contributed by atoms with Gasteiger partial charge in [-0.3, -0.25) is 0 Å². The monoisotopic (exact) mass is 1070 g/mol. The summed E-state index contributed by atoms with van der Waals surface area (Å²) in [4.78, 5) is 4.95. The standard InChI is InChI=1S/C81H66N2/c1-79(2,3)81(80(4,5)6)77-68-49-44-64(82(62-35-21-11-22-36-62)74-52-59(55-27-13-7-14-28-55)41-46-66(74)57-31-17-9-18-32-57)51-61(68)43-48-72(77)76-70-40-26-25-39-69(70)73-54-65(45-50-71(73)78(76)81)83(63-37-23-12-24-38-63)75-53-60(56-29-15-8-16-30-56)42-47-67(75)58-33-19-10-20-34-58/h7-54H,1-6H3. The number of anilines is 6. The minimum absolute atomic E-state index is 0.247. The maximum absolute atomic E-state index is 2.49. The number of hydrogen-bond donors (Lipinski definition) is 0. The second kappa shape index (κ2) is 20.3. The van der Waals surface area contributed by atoms with E-state index in [1.807, 2.05) is 0 Å². The first-order valence-electron chi connectivity index (χ1n) is 29.2. The third-order valence-electron chi connectivity index (χ3n) is 17.7. The molecule has 2 heteroatoms. The van der Waals surface area contributed by atoms with Gasteiger partial charge in [0.25, 0.3) is 0 Å². The first kappa shape index (κ1) is 51.4. The van der Waals surface area contributed by atoms with Crippen LogP contribution in [0.3, 0.4) is 0 Å². The van der Waals surface area contributed by atoms with E-state index in [9.17, 15) is 0 Å². The van der Waals surface area contributed by atoms with Gasteiger partial charge in [0.15, 0.2) is 0 Å². The molecule has 0 aliphatic heterocycles. The quantitative estimate of drug-likeness (QED) is 0.126. The summed E-state index contributed by atoms with van der Waals surface area (Å²) in [5, 5.41) is 7.59. The molecule has 0 bridgehead atoms. The minimum Gasteiger partial charge on any atom is -0.310 e. The molecule has 0 unspecified atom stereocenters. The second-order valence-electron chi connectivity index (χ2n) is 24.4. The highest BCUT2D eigenvalue weighted by atomic mass is 15.2. The summed E-state index contributed by atoms with van der Waals surface area (Å²) in [7, 11) is 0. The Kier molecular flexibility index (Phi) is 12.6. The average Bonchev–Trinajstić information content (AvgIpc) is 1.62. The number of benzene rings is 13. The largest absolute Gasteiger partial charge is 0.310 e. The van der Waals surface area contributed by atoms with Crippen molar-refractivity contribution < 1.29 is 0 Å². The van der Waals surface area contributed by atoms with Crippen LogP contribution in [0.2, 0.25) is 0 Å². The van der Waals surface area contributed by atoms with Crippen LogP contribution in [0.15, 0.2) is 291 Å². The van der Waals surface area contributed by atoms with Crippen molar-refractivity contribution in [1.82, 2.24) is 0 Å². The summed E-state index contributed by atoms with van der Waals surface area (Å²) in [5.41, 5.74) is 20.6. The molecule has 0 fully saturated rings. The number of nitrogens with zero attached hydrogens (tertiary/aromatic N) is 2. The van der Waals surface area contributed by atoms with Gasteiger partial charge in [0.05, 0.1) is 11.4 Å². The fraction of sp³-hybridized carbons (Fsp3) is 0.111. The van der Waals surface area contributed by atoms with Gasteiger partial charge in [-0.15, -0.1) is 0 Å². The molecule has 2 nitrogen and oxygen atoms in total. The lowest BCUT2D eigenvalue weighted by Gasteiger charge is -2.54. The number of fused-ring (bicyclic) bond motifs is 10. The summed E-state index contributed by atoms with van der Waals surface area (Å²) < 4.78 is 0. The Hall–Kier alpha value is -9.76. The molecule has 0 saturated carbocycles.